The summed E-state index contributed by atoms with van der Waals surface area (Å²) in [6, 6.07) is 9.53. The van der Waals surface area contributed by atoms with Crippen LogP contribution in [-0.2, 0) is 4.79 Å². The van der Waals surface area contributed by atoms with Crippen molar-refractivity contribution in [2.24, 2.45) is 0 Å². The third-order valence-electron chi connectivity index (χ3n) is 4.06. The number of benzene rings is 1. The summed E-state index contributed by atoms with van der Waals surface area (Å²) < 4.78 is 0. The van der Waals surface area contributed by atoms with E-state index in [1.807, 2.05) is 36.4 Å². The summed E-state index contributed by atoms with van der Waals surface area (Å²) in [6.07, 6.45) is 3.16. The lowest BCUT2D eigenvalue weighted by Crippen LogP contribution is -2.50. The average molecular weight is 317 g/mol. The molecule has 1 fully saturated rings. The van der Waals surface area contributed by atoms with Gasteiger partial charge in [-0.25, -0.2) is 0 Å². The molecule has 0 radical (unpaired) electrons. The molecule has 0 bridgehead atoms. The van der Waals surface area contributed by atoms with E-state index in [0.29, 0.717) is 13.1 Å². The van der Waals surface area contributed by atoms with Crippen LogP contribution in [0.4, 0.5) is 5.69 Å². The number of rotatable bonds is 8. The van der Waals surface area contributed by atoms with Crippen molar-refractivity contribution in [1.82, 2.24) is 9.80 Å². The van der Waals surface area contributed by atoms with E-state index in [4.69, 9.17) is 0 Å². The number of para-hydroxylation sites is 1. The first kappa shape index (κ1) is 17.7. The maximum atomic E-state index is 12.0. The zero-order valence-electron chi connectivity index (χ0n) is 13.7. The third kappa shape index (κ3) is 6.52. The van der Waals surface area contributed by atoms with Crippen LogP contribution in [-0.4, -0.2) is 66.2 Å². The molecular weight excluding hydrogens is 290 g/mol. The highest BCUT2D eigenvalue weighted by molar-refractivity contribution is 5.92. The van der Waals surface area contributed by atoms with E-state index >= 15 is 0 Å². The van der Waals surface area contributed by atoms with Crippen LogP contribution in [0.3, 0.4) is 0 Å². The highest BCUT2D eigenvalue weighted by Gasteiger charge is 2.20. The Balaban J connectivity index is 1.66. The Hall–Kier alpha value is -1.69. The van der Waals surface area contributed by atoms with E-state index < -0.39 is 0 Å². The molecule has 1 aliphatic heterocycles. The summed E-state index contributed by atoms with van der Waals surface area (Å²) in [4.78, 5) is 16.5. The second-order valence-corrected chi connectivity index (χ2v) is 6.01. The number of aliphatic hydroxyl groups is 1. The summed E-state index contributed by atoms with van der Waals surface area (Å²) >= 11 is 0. The fourth-order valence-corrected chi connectivity index (χ4v) is 2.75. The fraction of sp³-hybridized carbons (Fsp3) is 0.500. The molecule has 0 aliphatic carbocycles. The number of aliphatic hydroxyl groups excluding tert-OH is 1. The van der Waals surface area contributed by atoms with Crippen molar-refractivity contribution in [3.05, 3.63) is 43.0 Å². The number of nitrogens with one attached hydrogen (secondary N) is 1. The van der Waals surface area contributed by atoms with Gasteiger partial charge in [-0.3, -0.25) is 14.6 Å². The number of amides is 1. The summed E-state index contributed by atoms with van der Waals surface area (Å²) in [6.45, 7) is 8.30. The first-order valence-corrected chi connectivity index (χ1v) is 8.26. The lowest BCUT2D eigenvalue weighted by atomic mass is 10.1. The molecule has 1 aromatic rings. The Bertz CT molecular complexity index is 484. The predicted octanol–water partition coefficient (Wildman–Crippen LogP) is 1.57. The Morgan fingerprint density at radius 3 is 2.52 bits per heavy atom. The molecule has 2 rings (SSSR count). The molecule has 0 aromatic heterocycles. The van der Waals surface area contributed by atoms with Crippen LogP contribution >= 0.6 is 0 Å². The monoisotopic (exact) mass is 317 g/mol. The van der Waals surface area contributed by atoms with Crippen molar-refractivity contribution in [3.63, 3.8) is 0 Å². The van der Waals surface area contributed by atoms with Crippen molar-refractivity contribution < 1.29 is 9.90 Å². The van der Waals surface area contributed by atoms with E-state index in [2.05, 4.69) is 21.7 Å². The number of anilines is 1. The Morgan fingerprint density at radius 2 is 1.87 bits per heavy atom. The minimum Gasteiger partial charge on any atom is -0.392 e. The van der Waals surface area contributed by atoms with Gasteiger partial charge in [-0.1, -0.05) is 24.3 Å². The molecule has 1 amide bonds. The molecule has 5 nitrogen and oxygen atoms in total. The van der Waals surface area contributed by atoms with Gasteiger partial charge < -0.3 is 10.4 Å². The molecule has 5 heteroatoms. The van der Waals surface area contributed by atoms with Gasteiger partial charge in [-0.15, -0.1) is 6.58 Å². The zero-order valence-corrected chi connectivity index (χ0v) is 13.7. The number of β-amino-alcohol motifs (C(OH)–C–C–N with tert-alkyl or cyclic N) is 1. The fourth-order valence-electron chi connectivity index (χ4n) is 2.75. The molecule has 23 heavy (non-hydrogen) atoms. The molecule has 1 heterocycles. The number of nitrogens with zero attached hydrogens (tertiary/aromatic N) is 2. The predicted molar refractivity (Wildman–Crippen MR) is 93.4 cm³/mol. The van der Waals surface area contributed by atoms with Crippen molar-refractivity contribution in [3.8, 4) is 0 Å². The zero-order chi connectivity index (χ0) is 16.5. The first-order chi connectivity index (χ1) is 11.2. The van der Waals surface area contributed by atoms with Gasteiger partial charge >= 0.3 is 0 Å². The van der Waals surface area contributed by atoms with Crippen LogP contribution in [0.1, 0.15) is 12.8 Å². The highest BCUT2D eigenvalue weighted by Crippen LogP contribution is 2.08. The largest absolute Gasteiger partial charge is 0.392 e. The molecule has 1 aliphatic rings. The van der Waals surface area contributed by atoms with E-state index in [1.54, 1.807) is 0 Å². The molecular formula is C18H27N3O2. The number of carbonyl (C=O) groups is 1. The van der Waals surface area contributed by atoms with Gasteiger partial charge in [-0.2, -0.15) is 0 Å². The van der Waals surface area contributed by atoms with Crippen LogP contribution in [0.25, 0.3) is 0 Å². The molecule has 126 valence electrons. The standard InChI is InChI=1S/C18H27N3O2/c1-2-3-9-17(22)14-20-10-12-21(13-11-20)15-18(23)19-16-7-5-4-6-8-16/h2,4-8,17,22H,1,3,9-15H2,(H,19,23). The highest BCUT2D eigenvalue weighted by atomic mass is 16.3. The van der Waals surface area contributed by atoms with E-state index in [9.17, 15) is 9.90 Å². The topological polar surface area (TPSA) is 55.8 Å². The molecule has 0 spiro atoms. The number of allylic oxidation sites excluding steroid dienone is 1. The Labute approximate surface area is 138 Å². The van der Waals surface area contributed by atoms with Crippen molar-refractivity contribution in [1.29, 1.82) is 0 Å². The summed E-state index contributed by atoms with van der Waals surface area (Å²) in [5.74, 6) is 0.0238. The van der Waals surface area contributed by atoms with E-state index in [-0.39, 0.29) is 12.0 Å². The van der Waals surface area contributed by atoms with Gasteiger partial charge in [0.25, 0.3) is 0 Å². The maximum Gasteiger partial charge on any atom is 0.238 e. The van der Waals surface area contributed by atoms with Gasteiger partial charge in [0.15, 0.2) is 0 Å². The molecule has 1 saturated heterocycles. The molecule has 1 atom stereocenters. The van der Waals surface area contributed by atoms with Gasteiger partial charge in [0.1, 0.15) is 0 Å². The van der Waals surface area contributed by atoms with Crippen molar-refractivity contribution in [2.45, 2.75) is 18.9 Å². The minimum absolute atomic E-state index is 0.0238. The van der Waals surface area contributed by atoms with Gasteiger partial charge in [0.2, 0.25) is 5.91 Å². The number of hydrogen-bond acceptors (Lipinski definition) is 4. The summed E-state index contributed by atoms with van der Waals surface area (Å²) in [7, 11) is 0. The summed E-state index contributed by atoms with van der Waals surface area (Å²) in [5.41, 5.74) is 0.835. The van der Waals surface area contributed by atoms with Crippen LogP contribution in [0.5, 0.6) is 0 Å². The SMILES string of the molecule is C=CCCC(O)CN1CCN(CC(=O)Nc2ccccc2)CC1. The maximum absolute atomic E-state index is 12.0. The number of piperazine rings is 1. The van der Waals surface area contributed by atoms with Crippen LogP contribution in [0.15, 0.2) is 43.0 Å². The quantitative estimate of drug-likeness (QED) is 0.715. The van der Waals surface area contributed by atoms with Crippen LogP contribution < -0.4 is 5.32 Å². The molecule has 1 unspecified atom stereocenters. The normalized spacial score (nSPS) is 17.6. The Kier molecular flexibility index (Phi) is 7.26. The van der Waals surface area contributed by atoms with Gasteiger partial charge in [-0.05, 0) is 25.0 Å². The third-order valence-corrected chi connectivity index (χ3v) is 4.06. The van der Waals surface area contributed by atoms with Crippen molar-refractivity contribution in [2.75, 3.05) is 44.6 Å². The average Bonchev–Trinajstić information content (AvgIpc) is 2.55. The second kappa shape index (κ2) is 9.45. The smallest absolute Gasteiger partial charge is 0.238 e. The lowest BCUT2D eigenvalue weighted by molar-refractivity contribution is -0.117. The van der Waals surface area contributed by atoms with E-state index in [1.165, 1.54) is 0 Å². The second-order valence-electron chi connectivity index (χ2n) is 6.01. The molecule has 2 N–H and O–H groups in total. The summed E-state index contributed by atoms with van der Waals surface area (Å²) in [5, 5.41) is 12.9. The van der Waals surface area contributed by atoms with Crippen molar-refractivity contribution >= 4 is 11.6 Å². The Morgan fingerprint density at radius 1 is 1.22 bits per heavy atom. The van der Waals surface area contributed by atoms with Crippen LogP contribution in [0.2, 0.25) is 0 Å². The van der Waals surface area contributed by atoms with E-state index in [0.717, 1.165) is 44.7 Å². The molecule has 0 saturated carbocycles. The van der Waals surface area contributed by atoms with Gasteiger partial charge in [0, 0.05) is 38.4 Å². The van der Waals surface area contributed by atoms with Gasteiger partial charge in [0.05, 0.1) is 12.6 Å². The molecule has 1 aromatic carbocycles. The van der Waals surface area contributed by atoms with Crippen LogP contribution in [0, 0.1) is 0 Å². The number of hydrogen-bond donors (Lipinski definition) is 2. The lowest BCUT2D eigenvalue weighted by Gasteiger charge is -2.35. The number of carbonyl (C=O) groups excluding carboxylic acids is 1. The minimum atomic E-state index is -0.291. The first-order valence-electron chi connectivity index (χ1n) is 8.26.